The van der Waals surface area contributed by atoms with Gasteiger partial charge in [0.05, 0.1) is 11.1 Å². The van der Waals surface area contributed by atoms with Crippen molar-refractivity contribution in [3.63, 3.8) is 0 Å². The summed E-state index contributed by atoms with van der Waals surface area (Å²) in [5, 5.41) is 3.63. The smallest absolute Gasteiger partial charge is 0.163 e. The Morgan fingerprint density at radius 2 is 1.80 bits per heavy atom. The van der Waals surface area contributed by atoms with Gasteiger partial charge in [0.15, 0.2) is 11.6 Å². The van der Waals surface area contributed by atoms with Gasteiger partial charge < -0.3 is 5.32 Å². The van der Waals surface area contributed by atoms with Gasteiger partial charge >= 0.3 is 0 Å². The molecule has 0 saturated carbocycles. The molecule has 5 heteroatoms. The van der Waals surface area contributed by atoms with Crippen LogP contribution in [0, 0.1) is 11.6 Å². The molecule has 0 bridgehead atoms. The Balaban J connectivity index is 2.56. The molecule has 2 aromatic rings. The van der Waals surface area contributed by atoms with E-state index in [4.69, 9.17) is 11.6 Å². The topological polar surface area (TPSA) is 12.0 Å². The lowest BCUT2D eigenvalue weighted by Crippen LogP contribution is -2.23. The lowest BCUT2D eigenvalue weighted by atomic mass is 9.98. The summed E-state index contributed by atoms with van der Waals surface area (Å²) in [5.41, 5.74) is 0.944. The molecule has 1 unspecified atom stereocenters. The average molecular weight is 361 g/mol. The SMILES string of the molecule is CCNC(c1cccc(F)c1F)c1cccc(Br)c1Cl. The third-order valence-electron chi connectivity index (χ3n) is 2.99. The van der Waals surface area contributed by atoms with Crippen LogP contribution in [-0.4, -0.2) is 6.54 Å². The van der Waals surface area contributed by atoms with Crippen molar-refractivity contribution in [3.05, 3.63) is 68.7 Å². The van der Waals surface area contributed by atoms with Crippen LogP contribution in [-0.2, 0) is 0 Å². The standard InChI is InChI=1S/C15H13BrClF2N/c1-2-20-15(9-5-3-7-11(16)13(9)17)10-6-4-8-12(18)14(10)19/h3-8,15,20H,2H2,1H3. The van der Waals surface area contributed by atoms with Gasteiger partial charge in [-0.3, -0.25) is 0 Å². The van der Waals surface area contributed by atoms with Crippen molar-refractivity contribution in [1.82, 2.24) is 5.32 Å². The van der Waals surface area contributed by atoms with Gasteiger partial charge in [-0.05, 0) is 40.2 Å². The first-order chi connectivity index (χ1) is 9.56. The molecular formula is C15H13BrClF2N. The zero-order valence-corrected chi connectivity index (χ0v) is 13.1. The largest absolute Gasteiger partial charge is 0.306 e. The molecule has 0 radical (unpaired) electrons. The summed E-state index contributed by atoms with van der Waals surface area (Å²) in [5.74, 6) is -1.72. The number of rotatable bonds is 4. The van der Waals surface area contributed by atoms with E-state index in [9.17, 15) is 8.78 Å². The minimum absolute atomic E-state index is 0.242. The highest BCUT2D eigenvalue weighted by atomic mass is 79.9. The molecule has 0 aromatic heterocycles. The van der Waals surface area contributed by atoms with E-state index in [-0.39, 0.29) is 5.56 Å². The average Bonchev–Trinajstić information content (AvgIpc) is 2.43. The van der Waals surface area contributed by atoms with Crippen LogP contribution in [0.15, 0.2) is 40.9 Å². The van der Waals surface area contributed by atoms with Crippen LogP contribution >= 0.6 is 27.5 Å². The first-order valence-electron chi connectivity index (χ1n) is 6.17. The van der Waals surface area contributed by atoms with Crippen molar-refractivity contribution >= 4 is 27.5 Å². The fourth-order valence-corrected chi connectivity index (χ4v) is 2.70. The highest BCUT2D eigenvalue weighted by molar-refractivity contribution is 9.10. The Morgan fingerprint density at radius 3 is 2.50 bits per heavy atom. The van der Waals surface area contributed by atoms with Crippen molar-refractivity contribution in [2.24, 2.45) is 0 Å². The molecule has 1 atom stereocenters. The quantitative estimate of drug-likeness (QED) is 0.802. The zero-order chi connectivity index (χ0) is 14.7. The number of hydrogen-bond acceptors (Lipinski definition) is 1. The van der Waals surface area contributed by atoms with Crippen LogP contribution in [0.3, 0.4) is 0 Å². The minimum Gasteiger partial charge on any atom is -0.306 e. The molecule has 1 N–H and O–H groups in total. The van der Waals surface area contributed by atoms with Gasteiger partial charge in [0.1, 0.15) is 0 Å². The first kappa shape index (κ1) is 15.4. The van der Waals surface area contributed by atoms with Crippen molar-refractivity contribution in [3.8, 4) is 0 Å². The minimum atomic E-state index is -0.864. The highest BCUT2D eigenvalue weighted by Crippen LogP contribution is 2.34. The summed E-state index contributed by atoms with van der Waals surface area (Å²) in [7, 11) is 0. The van der Waals surface area contributed by atoms with Crippen molar-refractivity contribution in [1.29, 1.82) is 0 Å². The molecule has 0 spiro atoms. The summed E-state index contributed by atoms with van der Waals surface area (Å²) in [6, 6.07) is 9.06. The van der Waals surface area contributed by atoms with E-state index in [1.807, 2.05) is 13.0 Å². The van der Waals surface area contributed by atoms with E-state index in [0.717, 1.165) is 10.5 Å². The molecule has 0 aliphatic carbocycles. The molecule has 0 saturated heterocycles. The predicted molar refractivity (Wildman–Crippen MR) is 81.0 cm³/mol. The lowest BCUT2D eigenvalue weighted by molar-refractivity contribution is 0.483. The summed E-state index contributed by atoms with van der Waals surface area (Å²) in [4.78, 5) is 0. The van der Waals surface area contributed by atoms with Gasteiger partial charge in [0.2, 0.25) is 0 Å². The first-order valence-corrected chi connectivity index (χ1v) is 7.34. The highest BCUT2D eigenvalue weighted by Gasteiger charge is 2.22. The van der Waals surface area contributed by atoms with E-state index < -0.39 is 17.7 Å². The molecule has 0 amide bonds. The Kier molecular flexibility index (Phi) is 5.13. The fraction of sp³-hybridized carbons (Fsp3) is 0.200. The van der Waals surface area contributed by atoms with Gasteiger partial charge in [-0.2, -0.15) is 0 Å². The van der Waals surface area contributed by atoms with E-state index in [1.165, 1.54) is 6.07 Å². The molecule has 0 aliphatic heterocycles. The monoisotopic (exact) mass is 359 g/mol. The second-order valence-electron chi connectivity index (χ2n) is 4.28. The maximum absolute atomic E-state index is 14.0. The molecule has 20 heavy (non-hydrogen) atoms. The van der Waals surface area contributed by atoms with Crippen molar-refractivity contribution < 1.29 is 8.78 Å². The van der Waals surface area contributed by atoms with Crippen LogP contribution in [0.5, 0.6) is 0 Å². The van der Waals surface area contributed by atoms with Crippen LogP contribution < -0.4 is 5.32 Å². The number of nitrogens with one attached hydrogen (secondary N) is 1. The van der Waals surface area contributed by atoms with E-state index in [0.29, 0.717) is 17.1 Å². The number of benzene rings is 2. The van der Waals surface area contributed by atoms with Crippen molar-refractivity contribution in [2.45, 2.75) is 13.0 Å². The fourth-order valence-electron chi connectivity index (χ4n) is 2.08. The Bertz CT molecular complexity index is 567. The molecule has 0 fully saturated rings. The summed E-state index contributed by atoms with van der Waals surface area (Å²) >= 11 is 9.61. The Hall–Kier alpha value is -0.970. The molecule has 1 nitrogen and oxygen atoms in total. The Labute approximate surface area is 130 Å². The summed E-state index contributed by atoms with van der Waals surface area (Å²) in [6.07, 6.45) is 0. The molecule has 0 heterocycles. The maximum Gasteiger partial charge on any atom is 0.163 e. The van der Waals surface area contributed by atoms with Gasteiger partial charge in [-0.25, -0.2) is 8.78 Å². The molecule has 2 aromatic carbocycles. The van der Waals surface area contributed by atoms with E-state index >= 15 is 0 Å². The molecular weight excluding hydrogens is 348 g/mol. The van der Waals surface area contributed by atoms with Gasteiger partial charge in [0.25, 0.3) is 0 Å². The van der Waals surface area contributed by atoms with Gasteiger partial charge in [0, 0.05) is 10.0 Å². The Morgan fingerprint density at radius 1 is 1.15 bits per heavy atom. The molecule has 2 rings (SSSR count). The van der Waals surface area contributed by atoms with Crippen LogP contribution in [0.4, 0.5) is 8.78 Å². The second-order valence-corrected chi connectivity index (χ2v) is 5.51. The zero-order valence-electron chi connectivity index (χ0n) is 10.8. The van der Waals surface area contributed by atoms with Crippen LogP contribution in [0.2, 0.25) is 5.02 Å². The summed E-state index contributed by atoms with van der Waals surface area (Å²) < 4.78 is 28.2. The van der Waals surface area contributed by atoms with Crippen molar-refractivity contribution in [2.75, 3.05) is 6.54 Å². The van der Waals surface area contributed by atoms with E-state index in [1.54, 1.807) is 18.2 Å². The van der Waals surface area contributed by atoms with Crippen LogP contribution in [0.25, 0.3) is 0 Å². The number of hydrogen-bond donors (Lipinski definition) is 1. The molecule has 106 valence electrons. The normalized spacial score (nSPS) is 12.4. The molecule has 0 aliphatic rings. The van der Waals surface area contributed by atoms with Crippen LogP contribution in [0.1, 0.15) is 24.1 Å². The van der Waals surface area contributed by atoms with Gasteiger partial charge in [-0.15, -0.1) is 0 Å². The second kappa shape index (κ2) is 6.66. The third-order valence-corrected chi connectivity index (χ3v) is 4.30. The van der Waals surface area contributed by atoms with E-state index in [2.05, 4.69) is 21.2 Å². The maximum atomic E-state index is 14.0. The predicted octanol–water partition coefficient (Wildman–Crippen LogP) is 5.08. The van der Waals surface area contributed by atoms with Gasteiger partial charge in [-0.1, -0.05) is 42.8 Å². The third kappa shape index (κ3) is 3.03. The number of halogens is 4. The summed E-state index contributed by atoms with van der Waals surface area (Å²) in [6.45, 7) is 2.50. The lowest BCUT2D eigenvalue weighted by Gasteiger charge is -2.21.